The molecule has 0 radical (unpaired) electrons. The molecule has 1 aromatic rings. The van der Waals surface area contributed by atoms with Crippen LogP contribution in [0.2, 0.25) is 0 Å². The first-order valence-electron chi connectivity index (χ1n) is 6.25. The number of nitro groups is 1. The smallest absolute Gasteiger partial charge is 0.290 e. The van der Waals surface area contributed by atoms with Crippen molar-refractivity contribution in [3.63, 3.8) is 0 Å². The lowest BCUT2D eigenvalue weighted by Crippen LogP contribution is -2.20. The molecule has 6 heteroatoms. The predicted octanol–water partition coefficient (Wildman–Crippen LogP) is 1.85. The maximum atomic E-state index is 10.6. The van der Waals surface area contributed by atoms with Gasteiger partial charge >= 0.3 is 0 Å². The first-order chi connectivity index (χ1) is 8.66. The van der Waals surface area contributed by atoms with Crippen LogP contribution in [0.1, 0.15) is 24.8 Å². The van der Waals surface area contributed by atoms with Crippen LogP contribution < -0.4 is 10.6 Å². The Bertz CT molecular complexity index is 432. The summed E-state index contributed by atoms with van der Waals surface area (Å²) in [6, 6.07) is 2.46. The highest BCUT2D eigenvalue weighted by atomic mass is 16.6. The highest BCUT2D eigenvalue weighted by molar-refractivity contribution is 5.46. The molecule has 0 unspecified atom stereocenters. The standard InChI is InChI=1S/C12H18N4O2/c1-9-7-12(15-8-11(9)16(17)18)14-6-2-5-13-10-3-4-10/h7-8,10,13H,2-6H2,1H3,(H,14,15). The highest BCUT2D eigenvalue weighted by Crippen LogP contribution is 2.19. The quantitative estimate of drug-likeness (QED) is 0.438. The summed E-state index contributed by atoms with van der Waals surface area (Å²) in [7, 11) is 0. The van der Waals surface area contributed by atoms with Crippen LogP contribution in [0.3, 0.4) is 0 Å². The molecule has 98 valence electrons. The van der Waals surface area contributed by atoms with Crippen molar-refractivity contribution < 1.29 is 4.92 Å². The van der Waals surface area contributed by atoms with Gasteiger partial charge in [0.25, 0.3) is 5.69 Å². The zero-order valence-electron chi connectivity index (χ0n) is 10.5. The van der Waals surface area contributed by atoms with E-state index in [4.69, 9.17) is 0 Å². The van der Waals surface area contributed by atoms with Crippen molar-refractivity contribution in [1.29, 1.82) is 0 Å². The molecule has 0 aliphatic heterocycles. The first-order valence-corrected chi connectivity index (χ1v) is 6.25. The zero-order valence-corrected chi connectivity index (χ0v) is 10.5. The van der Waals surface area contributed by atoms with E-state index in [1.54, 1.807) is 13.0 Å². The minimum absolute atomic E-state index is 0.0657. The van der Waals surface area contributed by atoms with Gasteiger partial charge in [-0.3, -0.25) is 10.1 Å². The first kappa shape index (κ1) is 12.8. The third-order valence-electron chi connectivity index (χ3n) is 2.95. The van der Waals surface area contributed by atoms with Gasteiger partial charge in [-0.2, -0.15) is 0 Å². The van der Waals surface area contributed by atoms with Crippen LogP contribution in [0, 0.1) is 17.0 Å². The number of hydrogen-bond donors (Lipinski definition) is 2. The van der Waals surface area contributed by atoms with E-state index in [1.165, 1.54) is 19.0 Å². The second-order valence-corrected chi connectivity index (χ2v) is 4.62. The Hall–Kier alpha value is -1.69. The lowest BCUT2D eigenvalue weighted by Gasteiger charge is -2.07. The molecular weight excluding hydrogens is 232 g/mol. The minimum Gasteiger partial charge on any atom is -0.370 e. The fourth-order valence-electron chi connectivity index (χ4n) is 1.74. The SMILES string of the molecule is Cc1cc(NCCCNC2CC2)ncc1[N+](=O)[O-]. The molecule has 1 aromatic heterocycles. The van der Waals surface area contributed by atoms with Crippen LogP contribution in [-0.4, -0.2) is 29.0 Å². The van der Waals surface area contributed by atoms with Crippen molar-refractivity contribution in [3.05, 3.63) is 27.9 Å². The number of aromatic nitrogens is 1. The third-order valence-corrected chi connectivity index (χ3v) is 2.95. The number of pyridine rings is 1. The Balaban J connectivity index is 1.74. The summed E-state index contributed by atoms with van der Waals surface area (Å²) in [5.74, 6) is 0.699. The lowest BCUT2D eigenvalue weighted by molar-refractivity contribution is -0.385. The maximum Gasteiger partial charge on any atom is 0.290 e. The van der Waals surface area contributed by atoms with Gasteiger partial charge in [-0.05, 0) is 38.8 Å². The van der Waals surface area contributed by atoms with E-state index < -0.39 is 4.92 Å². The molecule has 2 N–H and O–H groups in total. The summed E-state index contributed by atoms with van der Waals surface area (Å²) in [5.41, 5.74) is 0.699. The monoisotopic (exact) mass is 250 g/mol. The number of nitrogens with zero attached hydrogens (tertiary/aromatic N) is 2. The average molecular weight is 250 g/mol. The van der Waals surface area contributed by atoms with Crippen LogP contribution in [0.5, 0.6) is 0 Å². The Morgan fingerprint density at radius 3 is 2.89 bits per heavy atom. The van der Waals surface area contributed by atoms with Gasteiger partial charge in [-0.25, -0.2) is 4.98 Å². The predicted molar refractivity (Wildman–Crippen MR) is 69.8 cm³/mol. The summed E-state index contributed by atoms with van der Waals surface area (Å²) >= 11 is 0. The van der Waals surface area contributed by atoms with E-state index in [9.17, 15) is 10.1 Å². The van der Waals surface area contributed by atoms with Crippen molar-refractivity contribution in [2.75, 3.05) is 18.4 Å². The molecule has 0 spiro atoms. The van der Waals surface area contributed by atoms with E-state index in [1.807, 2.05) is 0 Å². The molecule has 0 atom stereocenters. The van der Waals surface area contributed by atoms with E-state index in [0.717, 1.165) is 25.6 Å². The molecule has 0 amide bonds. The molecule has 0 bridgehead atoms. The van der Waals surface area contributed by atoms with Gasteiger partial charge in [0.05, 0.1) is 4.92 Å². The van der Waals surface area contributed by atoms with Crippen LogP contribution >= 0.6 is 0 Å². The number of anilines is 1. The van der Waals surface area contributed by atoms with Gasteiger partial charge in [0.2, 0.25) is 0 Å². The van der Waals surface area contributed by atoms with Crippen LogP contribution in [0.25, 0.3) is 0 Å². The molecule has 1 aliphatic rings. The minimum atomic E-state index is -0.411. The van der Waals surface area contributed by atoms with Gasteiger partial charge in [0, 0.05) is 18.2 Å². The largest absolute Gasteiger partial charge is 0.370 e. The molecule has 2 rings (SSSR count). The van der Waals surface area contributed by atoms with Crippen LogP contribution in [-0.2, 0) is 0 Å². The zero-order chi connectivity index (χ0) is 13.0. The van der Waals surface area contributed by atoms with E-state index >= 15 is 0 Å². The summed E-state index contributed by atoms with van der Waals surface area (Å²) in [5, 5.41) is 17.2. The normalized spacial score (nSPS) is 14.5. The van der Waals surface area contributed by atoms with Crippen molar-refractivity contribution in [3.8, 4) is 0 Å². The molecule has 0 saturated heterocycles. The molecule has 1 saturated carbocycles. The van der Waals surface area contributed by atoms with Gasteiger partial charge in [0.15, 0.2) is 0 Å². The molecule has 6 nitrogen and oxygen atoms in total. The second-order valence-electron chi connectivity index (χ2n) is 4.62. The van der Waals surface area contributed by atoms with E-state index in [0.29, 0.717) is 11.4 Å². The Labute approximate surface area is 106 Å². The maximum absolute atomic E-state index is 10.6. The molecule has 1 fully saturated rings. The van der Waals surface area contributed by atoms with Crippen molar-refractivity contribution in [2.24, 2.45) is 0 Å². The fraction of sp³-hybridized carbons (Fsp3) is 0.583. The van der Waals surface area contributed by atoms with E-state index in [-0.39, 0.29) is 5.69 Å². The lowest BCUT2D eigenvalue weighted by atomic mass is 10.2. The van der Waals surface area contributed by atoms with Gasteiger partial charge in [-0.1, -0.05) is 0 Å². The summed E-state index contributed by atoms with van der Waals surface area (Å²) in [6.45, 7) is 3.55. The van der Waals surface area contributed by atoms with E-state index in [2.05, 4.69) is 15.6 Å². The number of hydrogen-bond acceptors (Lipinski definition) is 5. The molecule has 18 heavy (non-hydrogen) atoms. The van der Waals surface area contributed by atoms with Crippen molar-refractivity contribution >= 4 is 11.5 Å². The third kappa shape index (κ3) is 3.66. The van der Waals surface area contributed by atoms with Crippen molar-refractivity contribution in [2.45, 2.75) is 32.2 Å². The molecule has 0 aromatic carbocycles. The van der Waals surface area contributed by atoms with Gasteiger partial charge < -0.3 is 10.6 Å². The summed E-state index contributed by atoms with van der Waals surface area (Å²) in [6.07, 6.45) is 4.93. The molecular formula is C12H18N4O2. The second kappa shape index (κ2) is 5.77. The number of rotatable bonds is 7. The summed E-state index contributed by atoms with van der Waals surface area (Å²) < 4.78 is 0. The molecule has 1 heterocycles. The number of nitrogens with one attached hydrogen (secondary N) is 2. The topological polar surface area (TPSA) is 80.1 Å². The van der Waals surface area contributed by atoms with Crippen LogP contribution in [0.15, 0.2) is 12.3 Å². The van der Waals surface area contributed by atoms with Crippen LogP contribution in [0.4, 0.5) is 11.5 Å². The van der Waals surface area contributed by atoms with Gasteiger partial charge in [-0.15, -0.1) is 0 Å². The Kier molecular flexibility index (Phi) is 4.09. The van der Waals surface area contributed by atoms with Crippen molar-refractivity contribution in [1.82, 2.24) is 10.3 Å². The average Bonchev–Trinajstić information content (AvgIpc) is 3.12. The summed E-state index contributed by atoms with van der Waals surface area (Å²) in [4.78, 5) is 14.3. The fourth-order valence-corrected chi connectivity index (χ4v) is 1.74. The number of aryl methyl sites for hydroxylation is 1. The molecule has 1 aliphatic carbocycles. The Morgan fingerprint density at radius 2 is 2.28 bits per heavy atom. The Morgan fingerprint density at radius 1 is 1.50 bits per heavy atom. The highest BCUT2D eigenvalue weighted by Gasteiger charge is 2.19. The van der Waals surface area contributed by atoms with Gasteiger partial charge in [0.1, 0.15) is 12.0 Å².